The number of carboxylic acid groups (broad SMARTS) is 2. The van der Waals surface area contributed by atoms with E-state index in [0.717, 1.165) is 24.2 Å². The summed E-state index contributed by atoms with van der Waals surface area (Å²) >= 11 is 0. The minimum atomic E-state index is -1.09. The van der Waals surface area contributed by atoms with Gasteiger partial charge < -0.3 is 33.9 Å². The average molecular weight is 615 g/mol. The Morgan fingerprint density at radius 2 is 1.73 bits per heavy atom. The summed E-state index contributed by atoms with van der Waals surface area (Å²) in [4.78, 5) is 28.5. The van der Waals surface area contributed by atoms with Crippen LogP contribution in [-0.4, -0.2) is 52.7 Å². The number of aryl methyl sites for hydroxylation is 1. The number of methoxy groups -OCH3 is 2. The van der Waals surface area contributed by atoms with Crippen LogP contribution in [0.1, 0.15) is 52.8 Å². The van der Waals surface area contributed by atoms with Gasteiger partial charge in [0, 0.05) is 36.1 Å². The highest BCUT2D eigenvalue weighted by Crippen LogP contribution is 2.39. The molecule has 0 unspecified atom stereocenters. The molecule has 11 heteroatoms. The second-order valence-corrected chi connectivity index (χ2v) is 10.3. The molecule has 0 amide bonds. The third kappa shape index (κ3) is 7.04. The Labute approximate surface area is 260 Å². The van der Waals surface area contributed by atoms with Gasteiger partial charge in [-0.2, -0.15) is 0 Å². The number of nitrogens with zero attached hydrogens (tertiary/aromatic N) is 2. The zero-order valence-corrected chi connectivity index (χ0v) is 25.2. The first kappa shape index (κ1) is 31.0. The van der Waals surface area contributed by atoms with Crippen LogP contribution in [0.5, 0.6) is 28.7 Å². The number of aromatic nitrogens is 2. The van der Waals surface area contributed by atoms with Crippen molar-refractivity contribution in [3.8, 4) is 34.4 Å². The number of unbranched alkanes of at least 4 members (excludes halogenated alkanes) is 1. The SMILES string of the molecule is CCCCc1ncc(/C=C(\Cc2cc3c(cc2OC)OCO3)C(=O)O)n1-c1ccc(OC)cc1OCc1ccc(C(=O)O)cc1. The molecular weight excluding hydrogens is 580 g/mol. The molecule has 3 aromatic carbocycles. The maximum atomic E-state index is 12.6. The molecular formula is C34H34N2O9. The van der Waals surface area contributed by atoms with Gasteiger partial charge in [-0.15, -0.1) is 0 Å². The molecule has 2 N–H and O–H groups in total. The molecule has 4 aromatic rings. The molecule has 5 rings (SSSR count). The van der Waals surface area contributed by atoms with E-state index in [1.165, 1.54) is 19.2 Å². The maximum absolute atomic E-state index is 12.6. The lowest BCUT2D eigenvalue weighted by molar-refractivity contribution is -0.132. The van der Waals surface area contributed by atoms with Crippen LogP contribution >= 0.6 is 0 Å². The van der Waals surface area contributed by atoms with Crippen molar-refractivity contribution in [3.63, 3.8) is 0 Å². The minimum Gasteiger partial charge on any atom is -0.497 e. The van der Waals surface area contributed by atoms with Gasteiger partial charge in [0.05, 0.1) is 37.4 Å². The quantitative estimate of drug-likeness (QED) is 0.164. The van der Waals surface area contributed by atoms with Crippen LogP contribution in [0.2, 0.25) is 0 Å². The summed E-state index contributed by atoms with van der Waals surface area (Å²) in [5.41, 5.74) is 2.91. The van der Waals surface area contributed by atoms with Gasteiger partial charge in [-0.1, -0.05) is 25.5 Å². The molecule has 1 aliphatic heterocycles. The fourth-order valence-electron chi connectivity index (χ4n) is 4.99. The maximum Gasteiger partial charge on any atom is 0.335 e. The number of carbonyl (C=O) groups is 2. The Morgan fingerprint density at radius 1 is 0.978 bits per heavy atom. The Kier molecular flexibility index (Phi) is 9.57. The zero-order valence-electron chi connectivity index (χ0n) is 25.2. The molecule has 45 heavy (non-hydrogen) atoms. The summed E-state index contributed by atoms with van der Waals surface area (Å²) in [5.74, 6) is 1.27. The average Bonchev–Trinajstić information content (AvgIpc) is 3.68. The van der Waals surface area contributed by atoms with Crippen molar-refractivity contribution in [3.05, 3.63) is 94.6 Å². The number of hydrogen-bond donors (Lipinski definition) is 2. The summed E-state index contributed by atoms with van der Waals surface area (Å²) in [7, 11) is 3.08. The van der Waals surface area contributed by atoms with Crippen molar-refractivity contribution >= 4 is 18.0 Å². The van der Waals surface area contributed by atoms with E-state index >= 15 is 0 Å². The normalized spacial score (nSPS) is 12.2. The van der Waals surface area contributed by atoms with Crippen LogP contribution in [-0.2, 0) is 24.2 Å². The summed E-state index contributed by atoms with van der Waals surface area (Å²) in [6.45, 7) is 2.34. The Hall–Kier alpha value is -5.45. The molecule has 0 spiro atoms. The molecule has 234 valence electrons. The highest BCUT2D eigenvalue weighted by molar-refractivity contribution is 5.92. The Morgan fingerprint density at radius 3 is 2.40 bits per heavy atom. The first-order valence-corrected chi connectivity index (χ1v) is 14.4. The lowest BCUT2D eigenvalue weighted by atomic mass is 10.0. The van der Waals surface area contributed by atoms with Gasteiger partial charge in [0.15, 0.2) is 11.5 Å². The summed E-state index contributed by atoms with van der Waals surface area (Å²) in [5, 5.41) is 19.5. The number of carboxylic acids is 2. The van der Waals surface area contributed by atoms with Crippen LogP contribution in [0.15, 0.2) is 66.4 Å². The molecule has 0 radical (unpaired) electrons. The van der Waals surface area contributed by atoms with Gasteiger partial charge in [-0.3, -0.25) is 4.57 Å². The highest BCUT2D eigenvalue weighted by Gasteiger charge is 2.22. The molecule has 11 nitrogen and oxygen atoms in total. The summed E-state index contributed by atoms with van der Waals surface area (Å²) < 4.78 is 30.1. The fraction of sp³-hybridized carbons (Fsp3) is 0.265. The van der Waals surface area contributed by atoms with E-state index in [9.17, 15) is 19.8 Å². The van der Waals surface area contributed by atoms with Crippen LogP contribution in [0.25, 0.3) is 11.8 Å². The van der Waals surface area contributed by atoms with E-state index in [4.69, 9.17) is 23.7 Å². The number of rotatable bonds is 14. The van der Waals surface area contributed by atoms with E-state index in [2.05, 4.69) is 11.9 Å². The van der Waals surface area contributed by atoms with Gasteiger partial charge >= 0.3 is 11.9 Å². The van der Waals surface area contributed by atoms with E-state index in [1.807, 2.05) is 10.6 Å². The standard InChI is InChI=1S/C34H34N2O9/c1-4-5-6-32-35-18-25(14-24(34(39)40)13-23-15-30-31(45-20-44-30)17-28(23)42-3)36(32)27-12-11-26(41-2)16-29(27)43-19-21-7-9-22(10-8-21)33(37)38/h7-12,14-18H,4-6,13,19-20H2,1-3H3,(H,37,38)(H,39,40)/b24-14+. The van der Waals surface area contributed by atoms with Gasteiger partial charge in [-0.05, 0) is 48.4 Å². The molecule has 1 aromatic heterocycles. The largest absolute Gasteiger partial charge is 0.497 e. The van der Waals surface area contributed by atoms with Gasteiger partial charge in [0.2, 0.25) is 6.79 Å². The minimum absolute atomic E-state index is 0.0585. The van der Waals surface area contributed by atoms with Crippen molar-refractivity contribution in [1.29, 1.82) is 0 Å². The summed E-state index contributed by atoms with van der Waals surface area (Å²) in [6, 6.07) is 15.3. The Balaban J connectivity index is 1.55. The van der Waals surface area contributed by atoms with Gasteiger partial charge in [0.25, 0.3) is 0 Å². The molecule has 0 bridgehead atoms. The number of aromatic carboxylic acids is 1. The fourth-order valence-corrected chi connectivity index (χ4v) is 4.99. The molecule has 0 saturated heterocycles. The van der Waals surface area contributed by atoms with Crippen LogP contribution < -0.4 is 23.7 Å². The zero-order chi connectivity index (χ0) is 31.9. The van der Waals surface area contributed by atoms with E-state index in [-0.39, 0.29) is 31.0 Å². The van der Waals surface area contributed by atoms with Crippen LogP contribution in [0, 0.1) is 0 Å². The van der Waals surface area contributed by atoms with E-state index < -0.39 is 11.9 Å². The first-order chi connectivity index (χ1) is 21.8. The lowest BCUT2D eigenvalue weighted by Crippen LogP contribution is -2.09. The lowest BCUT2D eigenvalue weighted by Gasteiger charge is -2.17. The second-order valence-electron chi connectivity index (χ2n) is 10.3. The van der Waals surface area contributed by atoms with Crippen molar-refractivity contribution in [1.82, 2.24) is 9.55 Å². The third-order valence-corrected chi connectivity index (χ3v) is 7.37. The second kappa shape index (κ2) is 13.9. The molecule has 0 atom stereocenters. The van der Waals surface area contributed by atoms with Crippen LogP contribution in [0.4, 0.5) is 0 Å². The monoisotopic (exact) mass is 614 g/mol. The number of fused-ring (bicyclic) bond motifs is 1. The number of aliphatic carboxylic acids is 1. The molecule has 1 aliphatic rings. The number of hydrogen-bond acceptors (Lipinski definition) is 8. The Bertz CT molecular complexity index is 1720. The van der Waals surface area contributed by atoms with Crippen molar-refractivity contribution in [2.45, 2.75) is 39.2 Å². The number of imidazole rings is 1. The highest BCUT2D eigenvalue weighted by atomic mass is 16.7. The van der Waals surface area contributed by atoms with Crippen LogP contribution in [0.3, 0.4) is 0 Å². The van der Waals surface area contributed by atoms with E-state index in [1.54, 1.807) is 55.8 Å². The third-order valence-electron chi connectivity index (χ3n) is 7.37. The number of ether oxygens (including phenoxy) is 5. The van der Waals surface area contributed by atoms with Crippen molar-refractivity contribution in [2.75, 3.05) is 21.0 Å². The molecule has 0 saturated carbocycles. The van der Waals surface area contributed by atoms with Crippen molar-refractivity contribution < 1.29 is 43.5 Å². The topological polar surface area (TPSA) is 139 Å². The smallest absolute Gasteiger partial charge is 0.335 e. The van der Waals surface area contributed by atoms with Gasteiger partial charge in [-0.25, -0.2) is 14.6 Å². The predicted octanol–water partition coefficient (Wildman–Crippen LogP) is 5.95. The first-order valence-electron chi connectivity index (χ1n) is 14.4. The van der Waals surface area contributed by atoms with E-state index in [0.29, 0.717) is 52.1 Å². The molecule has 0 fully saturated rings. The molecule has 0 aliphatic carbocycles. The summed E-state index contributed by atoms with van der Waals surface area (Å²) in [6.07, 6.45) is 5.80. The van der Waals surface area contributed by atoms with Gasteiger partial charge in [0.1, 0.15) is 29.7 Å². The molecule has 2 heterocycles. The van der Waals surface area contributed by atoms with Crippen molar-refractivity contribution in [2.24, 2.45) is 0 Å². The number of benzene rings is 3. The predicted molar refractivity (Wildman–Crippen MR) is 165 cm³/mol.